The number of H-pyrrole nitrogens is 1. The van der Waals surface area contributed by atoms with Crippen LogP contribution in [-0.2, 0) is 16.3 Å². The molecule has 38 heavy (non-hydrogen) atoms. The van der Waals surface area contributed by atoms with Gasteiger partial charge in [-0.2, -0.15) is 5.10 Å². The van der Waals surface area contributed by atoms with Crippen molar-refractivity contribution in [1.29, 1.82) is 0 Å². The number of likely N-dealkylation sites (tertiary alicyclic amines) is 1. The number of piperidine rings is 1. The van der Waals surface area contributed by atoms with Crippen molar-refractivity contribution >= 4 is 44.0 Å². The summed E-state index contributed by atoms with van der Waals surface area (Å²) in [5.74, 6) is 0.585. The van der Waals surface area contributed by atoms with Gasteiger partial charge < -0.3 is 5.32 Å². The van der Waals surface area contributed by atoms with Gasteiger partial charge in [0.1, 0.15) is 0 Å². The third kappa shape index (κ3) is 6.11. The number of halogens is 2. The van der Waals surface area contributed by atoms with Crippen LogP contribution < -0.4 is 10.0 Å². The van der Waals surface area contributed by atoms with Gasteiger partial charge in [0, 0.05) is 71.8 Å². The lowest BCUT2D eigenvalue weighted by Gasteiger charge is -2.31. The number of nitrogens with zero attached hydrogens (tertiary/aromatic N) is 5. The minimum absolute atomic E-state index is 0.133. The van der Waals surface area contributed by atoms with E-state index >= 15 is 0 Å². The molecule has 0 aliphatic carbocycles. The number of rotatable bonds is 7. The number of hydrogen-bond acceptors (Lipinski definition) is 7. The molecule has 13 heteroatoms. The van der Waals surface area contributed by atoms with Crippen molar-refractivity contribution in [3.63, 3.8) is 0 Å². The van der Waals surface area contributed by atoms with Crippen LogP contribution in [0.4, 0.5) is 20.4 Å². The number of nitrogens with one attached hydrogen (secondary N) is 3. The lowest BCUT2D eigenvalue weighted by Crippen LogP contribution is -2.38. The number of alkyl halides is 2. The number of carbonyl (C=O) groups is 1. The molecule has 5 rings (SSSR count). The fraction of sp³-hybridized carbons (Fsp3) is 0.280. The lowest BCUT2D eigenvalue weighted by atomic mass is 10.0. The third-order valence-corrected chi connectivity index (χ3v) is 6.73. The van der Waals surface area contributed by atoms with Gasteiger partial charge in [-0.15, -0.1) is 0 Å². The zero-order valence-corrected chi connectivity index (χ0v) is 21.4. The Kier molecular flexibility index (Phi) is 6.80. The summed E-state index contributed by atoms with van der Waals surface area (Å²) in [7, 11) is -2.53. The molecule has 0 radical (unpaired) electrons. The number of fused-ring (bicyclic) bond motifs is 1. The Balaban J connectivity index is 1.32. The Hall–Kier alpha value is -3.97. The maximum absolute atomic E-state index is 13.5. The number of hydrogen-bond donors (Lipinski definition) is 3. The van der Waals surface area contributed by atoms with E-state index in [4.69, 9.17) is 0 Å². The van der Waals surface area contributed by atoms with Crippen LogP contribution in [0.5, 0.6) is 0 Å². The van der Waals surface area contributed by atoms with Crippen molar-refractivity contribution in [3.05, 3.63) is 60.3 Å². The van der Waals surface area contributed by atoms with Crippen LogP contribution in [0, 0.1) is 0 Å². The predicted octanol–water partition coefficient (Wildman–Crippen LogP) is 3.57. The van der Waals surface area contributed by atoms with E-state index in [-0.39, 0.29) is 24.5 Å². The lowest BCUT2D eigenvalue weighted by molar-refractivity contribution is -0.0566. The minimum Gasteiger partial charge on any atom is -0.318 e. The van der Waals surface area contributed by atoms with Crippen LogP contribution in [0.2, 0.25) is 0 Å². The van der Waals surface area contributed by atoms with Crippen molar-refractivity contribution in [2.75, 3.05) is 29.4 Å². The van der Waals surface area contributed by atoms with E-state index < -0.39 is 21.5 Å². The zero-order valence-electron chi connectivity index (χ0n) is 20.6. The highest BCUT2D eigenvalue weighted by Gasteiger charge is 2.33. The first-order valence-corrected chi connectivity index (χ1v) is 13.9. The second-order valence-corrected chi connectivity index (χ2v) is 11.6. The monoisotopic (exact) mass is 540 g/mol. The van der Waals surface area contributed by atoms with E-state index in [1.165, 1.54) is 18.6 Å². The maximum atomic E-state index is 13.5. The molecule has 0 bridgehead atoms. The van der Waals surface area contributed by atoms with Gasteiger partial charge in [0.25, 0.3) is 11.8 Å². The highest BCUT2D eigenvalue weighted by Crippen LogP contribution is 2.29. The standard InChI is InChI=1S/C25H26F2N8O2S/c1-38(2,37)34-24-29-13-19(14-30-24)31-23(36)22-20-10-17(3-4-21(20)32-33-22)18-9-16(11-28-12-18)15-35-7-5-25(26,27)6-8-35/h3-4,9-14H,1,5-8,15H2,2H3,(H,31,36)(H,32,33)(H,29,30,34,37). The summed E-state index contributed by atoms with van der Waals surface area (Å²) >= 11 is 0. The Labute approximate surface area is 218 Å². The van der Waals surface area contributed by atoms with Gasteiger partial charge in [0.05, 0.1) is 23.6 Å². The van der Waals surface area contributed by atoms with Gasteiger partial charge in [-0.25, -0.2) is 23.0 Å². The van der Waals surface area contributed by atoms with Crippen molar-refractivity contribution < 1.29 is 17.8 Å². The molecule has 1 unspecified atom stereocenters. The summed E-state index contributed by atoms with van der Waals surface area (Å²) in [4.78, 5) is 27.4. The Morgan fingerprint density at radius 2 is 1.87 bits per heavy atom. The Morgan fingerprint density at radius 1 is 1.13 bits per heavy atom. The SMILES string of the molecule is C=S(C)(=O)Nc1ncc(NC(=O)c2n[nH]c3ccc(-c4cncc(CN5CCC(F)(F)CC5)c4)cc23)cn1. The van der Waals surface area contributed by atoms with Crippen molar-refractivity contribution in [2.24, 2.45) is 0 Å². The van der Waals surface area contributed by atoms with E-state index in [0.29, 0.717) is 36.2 Å². The highest BCUT2D eigenvalue weighted by molar-refractivity contribution is 8.00. The minimum atomic E-state index is -2.58. The molecule has 1 amide bonds. The average molecular weight is 541 g/mol. The summed E-state index contributed by atoms with van der Waals surface area (Å²) in [5.41, 5.74) is 3.81. The van der Waals surface area contributed by atoms with Gasteiger partial charge in [0.15, 0.2) is 5.69 Å². The summed E-state index contributed by atoms with van der Waals surface area (Å²) in [6, 6.07) is 7.57. The molecule has 0 saturated carbocycles. The van der Waals surface area contributed by atoms with Crippen molar-refractivity contribution in [1.82, 2.24) is 30.0 Å². The quantitative estimate of drug-likeness (QED) is 0.306. The number of aromatic nitrogens is 5. The van der Waals surface area contributed by atoms with Gasteiger partial charge in [-0.05, 0) is 35.2 Å². The molecule has 1 aliphatic rings. The first kappa shape index (κ1) is 25.7. The molecule has 1 aliphatic heterocycles. The van der Waals surface area contributed by atoms with Gasteiger partial charge in [0.2, 0.25) is 5.95 Å². The van der Waals surface area contributed by atoms with Crippen LogP contribution in [0.3, 0.4) is 0 Å². The first-order chi connectivity index (χ1) is 18.0. The molecule has 4 aromatic rings. The van der Waals surface area contributed by atoms with E-state index in [1.54, 1.807) is 12.4 Å². The largest absolute Gasteiger partial charge is 0.318 e. The molecule has 3 N–H and O–H groups in total. The van der Waals surface area contributed by atoms with Crippen molar-refractivity contribution in [3.8, 4) is 11.1 Å². The highest BCUT2D eigenvalue weighted by atomic mass is 32.2. The molecule has 4 heterocycles. The van der Waals surface area contributed by atoms with Gasteiger partial charge >= 0.3 is 0 Å². The van der Waals surface area contributed by atoms with E-state index in [1.807, 2.05) is 29.2 Å². The van der Waals surface area contributed by atoms with Crippen LogP contribution in [0.1, 0.15) is 28.9 Å². The normalized spacial score (nSPS) is 17.1. The van der Waals surface area contributed by atoms with Gasteiger partial charge in [-0.1, -0.05) is 6.07 Å². The maximum Gasteiger partial charge on any atom is 0.276 e. The van der Waals surface area contributed by atoms with Crippen molar-refractivity contribution in [2.45, 2.75) is 25.3 Å². The molecule has 1 aromatic carbocycles. The number of aromatic amines is 1. The Morgan fingerprint density at radius 3 is 2.58 bits per heavy atom. The fourth-order valence-electron chi connectivity index (χ4n) is 4.22. The molecular weight excluding hydrogens is 514 g/mol. The molecule has 1 atom stereocenters. The second-order valence-electron chi connectivity index (χ2n) is 9.40. The molecule has 3 aromatic heterocycles. The average Bonchev–Trinajstić information content (AvgIpc) is 3.29. The van der Waals surface area contributed by atoms with Crippen LogP contribution >= 0.6 is 0 Å². The number of pyridine rings is 1. The van der Waals surface area contributed by atoms with E-state index in [2.05, 4.69) is 41.1 Å². The topological polar surface area (TPSA) is 129 Å². The second kappa shape index (κ2) is 10.1. The molecule has 1 saturated heterocycles. The summed E-state index contributed by atoms with van der Waals surface area (Å²) in [5, 5.41) is 10.4. The molecule has 0 spiro atoms. The first-order valence-electron chi connectivity index (χ1n) is 11.8. The molecular formula is C25H26F2N8O2S. The summed E-state index contributed by atoms with van der Waals surface area (Å²) in [6.45, 7) is 1.23. The van der Waals surface area contributed by atoms with E-state index in [9.17, 15) is 17.8 Å². The smallest absolute Gasteiger partial charge is 0.276 e. The molecule has 198 valence electrons. The molecule has 1 fully saturated rings. The molecule has 10 nitrogen and oxygen atoms in total. The third-order valence-electron chi connectivity index (χ3n) is 6.12. The summed E-state index contributed by atoms with van der Waals surface area (Å²) in [6.07, 6.45) is 7.40. The summed E-state index contributed by atoms with van der Waals surface area (Å²) < 4.78 is 41.3. The zero-order chi connectivity index (χ0) is 26.9. The fourth-order valence-corrected chi connectivity index (χ4v) is 4.72. The number of anilines is 2. The van der Waals surface area contributed by atoms with Gasteiger partial charge in [-0.3, -0.25) is 24.5 Å². The number of carbonyl (C=O) groups excluding carboxylic acids is 1. The number of amides is 1. The Bertz CT molecular complexity index is 1580. The van der Waals surface area contributed by atoms with Crippen LogP contribution in [0.15, 0.2) is 49.1 Å². The van der Waals surface area contributed by atoms with Crippen LogP contribution in [-0.4, -0.2) is 71.3 Å². The number of benzene rings is 1. The van der Waals surface area contributed by atoms with E-state index in [0.717, 1.165) is 16.7 Å². The van der Waals surface area contributed by atoms with Crippen LogP contribution in [0.25, 0.3) is 22.0 Å². The predicted molar refractivity (Wildman–Crippen MR) is 144 cm³/mol.